The van der Waals surface area contributed by atoms with Gasteiger partial charge in [-0.05, 0) is 32.0 Å². The van der Waals surface area contributed by atoms with Crippen LogP contribution in [0.15, 0.2) is 18.2 Å². The maximum Gasteiger partial charge on any atom is 0.253 e. The summed E-state index contributed by atoms with van der Waals surface area (Å²) in [6.45, 7) is 5.03. The summed E-state index contributed by atoms with van der Waals surface area (Å²) in [5.74, 6) is -0.121. The van der Waals surface area contributed by atoms with Crippen LogP contribution >= 0.6 is 0 Å². The standard InChI is InChI=1S/C12H16N2O3.H2O/c1-3-14(4-2)12(16)9-5-6-10(8-15)11(7-9)13-17;/h5-8,13,17H,3-4H2,1-2H3;1H2. The Bertz CT molecular complexity index is 417. The highest BCUT2D eigenvalue weighted by molar-refractivity contribution is 5.97. The molecule has 4 N–H and O–H groups in total. The molecule has 0 fully saturated rings. The second kappa shape index (κ2) is 7.41. The van der Waals surface area contributed by atoms with Gasteiger partial charge in [0.25, 0.3) is 5.91 Å². The largest absolute Gasteiger partial charge is 0.412 e. The van der Waals surface area contributed by atoms with Crippen molar-refractivity contribution in [3.8, 4) is 0 Å². The van der Waals surface area contributed by atoms with E-state index in [0.29, 0.717) is 30.5 Å². The molecule has 1 rings (SSSR count). The number of nitrogens with zero attached hydrogens (tertiary/aromatic N) is 1. The first-order valence-corrected chi connectivity index (χ1v) is 5.46. The van der Waals surface area contributed by atoms with Crippen LogP contribution in [0.3, 0.4) is 0 Å². The van der Waals surface area contributed by atoms with Crippen LogP contribution in [-0.2, 0) is 0 Å². The summed E-state index contributed by atoms with van der Waals surface area (Å²) in [7, 11) is 0. The fourth-order valence-corrected chi connectivity index (χ4v) is 1.58. The van der Waals surface area contributed by atoms with Crippen molar-refractivity contribution < 1.29 is 20.3 Å². The molecule has 6 nitrogen and oxygen atoms in total. The fraction of sp³-hybridized carbons (Fsp3) is 0.333. The van der Waals surface area contributed by atoms with E-state index in [1.54, 1.807) is 11.0 Å². The molecular weight excluding hydrogens is 236 g/mol. The van der Waals surface area contributed by atoms with E-state index in [1.807, 2.05) is 19.3 Å². The second-order valence-electron chi connectivity index (χ2n) is 3.51. The lowest BCUT2D eigenvalue weighted by Crippen LogP contribution is -2.30. The van der Waals surface area contributed by atoms with Crippen LogP contribution in [0.5, 0.6) is 0 Å². The molecule has 0 saturated heterocycles. The first-order valence-electron chi connectivity index (χ1n) is 5.46. The van der Waals surface area contributed by atoms with Crippen molar-refractivity contribution in [2.75, 3.05) is 18.6 Å². The van der Waals surface area contributed by atoms with E-state index in [1.165, 1.54) is 12.1 Å². The van der Waals surface area contributed by atoms with Gasteiger partial charge in [-0.1, -0.05) is 0 Å². The third-order valence-corrected chi connectivity index (χ3v) is 2.60. The van der Waals surface area contributed by atoms with Crippen molar-refractivity contribution in [3.63, 3.8) is 0 Å². The van der Waals surface area contributed by atoms with Gasteiger partial charge in [0.1, 0.15) is 0 Å². The lowest BCUT2D eigenvalue weighted by atomic mass is 10.1. The Morgan fingerprint density at radius 2 is 2.00 bits per heavy atom. The summed E-state index contributed by atoms with van der Waals surface area (Å²) in [6.07, 6.45) is 0.615. The van der Waals surface area contributed by atoms with Crippen molar-refractivity contribution in [1.82, 2.24) is 4.90 Å². The minimum atomic E-state index is -0.121. The molecule has 0 unspecified atom stereocenters. The topological polar surface area (TPSA) is 101 Å². The van der Waals surface area contributed by atoms with E-state index in [4.69, 9.17) is 5.21 Å². The van der Waals surface area contributed by atoms with E-state index < -0.39 is 0 Å². The molecule has 100 valence electrons. The van der Waals surface area contributed by atoms with Gasteiger partial charge in [0.05, 0.1) is 5.69 Å². The summed E-state index contributed by atoms with van der Waals surface area (Å²) in [4.78, 5) is 24.3. The molecule has 0 saturated carbocycles. The zero-order valence-electron chi connectivity index (χ0n) is 10.4. The Balaban J connectivity index is 0.00000289. The molecule has 0 aliphatic carbocycles. The normalized spacial score (nSPS) is 9.28. The third-order valence-electron chi connectivity index (χ3n) is 2.60. The predicted molar refractivity (Wildman–Crippen MR) is 68.1 cm³/mol. The summed E-state index contributed by atoms with van der Waals surface area (Å²) < 4.78 is 0. The van der Waals surface area contributed by atoms with Gasteiger partial charge in [0.15, 0.2) is 6.29 Å². The number of anilines is 1. The number of hydrogen-bond donors (Lipinski definition) is 2. The molecule has 0 atom stereocenters. The van der Waals surface area contributed by atoms with Crippen molar-refractivity contribution >= 4 is 17.9 Å². The molecule has 0 aromatic heterocycles. The maximum absolute atomic E-state index is 12.0. The van der Waals surface area contributed by atoms with Gasteiger partial charge < -0.3 is 10.4 Å². The van der Waals surface area contributed by atoms with Gasteiger partial charge in [0, 0.05) is 24.2 Å². The molecule has 1 amide bonds. The molecule has 18 heavy (non-hydrogen) atoms. The van der Waals surface area contributed by atoms with Crippen LogP contribution in [0, 0.1) is 0 Å². The number of carbonyl (C=O) groups is 2. The minimum absolute atomic E-state index is 0. The van der Waals surface area contributed by atoms with Crippen LogP contribution in [-0.4, -0.2) is 40.9 Å². The number of nitrogens with one attached hydrogen (secondary N) is 1. The Kier molecular flexibility index (Phi) is 6.62. The van der Waals surface area contributed by atoms with E-state index in [9.17, 15) is 9.59 Å². The van der Waals surface area contributed by atoms with Gasteiger partial charge in [-0.3, -0.25) is 20.3 Å². The lowest BCUT2D eigenvalue weighted by molar-refractivity contribution is 0.0772. The van der Waals surface area contributed by atoms with Crippen molar-refractivity contribution in [2.24, 2.45) is 0 Å². The number of benzene rings is 1. The summed E-state index contributed by atoms with van der Waals surface area (Å²) >= 11 is 0. The highest BCUT2D eigenvalue weighted by atomic mass is 16.5. The Morgan fingerprint density at radius 3 is 2.44 bits per heavy atom. The predicted octanol–water partition coefficient (Wildman–Crippen LogP) is 0.957. The number of aldehydes is 1. The minimum Gasteiger partial charge on any atom is -0.412 e. The Labute approximate surface area is 105 Å². The third kappa shape index (κ3) is 3.28. The van der Waals surface area contributed by atoms with Gasteiger partial charge in [0.2, 0.25) is 0 Å². The van der Waals surface area contributed by atoms with E-state index in [-0.39, 0.29) is 17.1 Å². The van der Waals surface area contributed by atoms with Gasteiger partial charge in [-0.2, -0.15) is 0 Å². The Hall–Kier alpha value is -1.92. The molecule has 0 radical (unpaired) electrons. The van der Waals surface area contributed by atoms with Crippen LogP contribution in [0.1, 0.15) is 34.6 Å². The number of hydrogen-bond acceptors (Lipinski definition) is 4. The molecular formula is C12H18N2O4. The number of amides is 1. The summed E-state index contributed by atoms with van der Waals surface area (Å²) in [6, 6.07) is 4.54. The first kappa shape index (κ1) is 16.1. The molecule has 6 heteroatoms. The zero-order chi connectivity index (χ0) is 12.8. The smallest absolute Gasteiger partial charge is 0.253 e. The molecule has 1 aromatic carbocycles. The quantitative estimate of drug-likeness (QED) is 0.603. The van der Waals surface area contributed by atoms with Crippen LogP contribution in [0.2, 0.25) is 0 Å². The summed E-state index contributed by atoms with van der Waals surface area (Å²) in [5, 5.41) is 8.87. The van der Waals surface area contributed by atoms with Gasteiger partial charge >= 0.3 is 0 Å². The SMILES string of the molecule is CCN(CC)C(=O)c1ccc(C=O)c(NO)c1.O. The van der Waals surface area contributed by atoms with E-state index >= 15 is 0 Å². The molecule has 0 bridgehead atoms. The average molecular weight is 254 g/mol. The van der Waals surface area contributed by atoms with Crippen molar-refractivity contribution in [1.29, 1.82) is 0 Å². The van der Waals surface area contributed by atoms with Crippen LogP contribution < -0.4 is 5.48 Å². The van der Waals surface area contributed by atoms with Crippen LogP contribution in [0.4, 0.5) is 5.69 Å². The lowest BCUT2D eigenvalue weighted by Gasteiger charge is -2.19. The van der Waals surface area contributed by atoms with E-state index in [0.717, 1.165) is 0 Å². The molecule has 0 heterocycles. The van der Waals surface area contributed by atoms with Crippen molar-refractivity contribution in [3.05, 3.63) is 29.3 Å². The highest BCUT2D eigenvalue weighted by Gasteiger charge is 2.14. The molecule has 0 aliphatic rings. The number of carbonyl (C=O) groups excluding carboxylic acids is 2. The first-order chi connectivity index (χ1) is 8.17. The molecule has 0 spiro atoms. The zero-order valence-corrected chi connectivity index (χ0v) is 10.4. The Morgan fingerprint density at radius 1 is 1.39 bits per heavy atom. The highest BCUT2D eigenvalue weighted by Crippen LogP contribution is 2.16. The van der Waals surface area contributed by atoms with Crippen molar-refractivity contribution in [2.45, 2.75) is 13.8 Å². The molecule has 1 aromatic rings. The second-order valence-corrected chi connectivity index (χ2v) is 3.51. The van der Waals surface area contributed by atoms with Gasteiger partial charge in [-0.15, -0.1) is 0 Å². The monoisotopic (exact) mass is 254 g/mol. The van der Waals surface area contributed by atoms with Crippen LogP contribution in [0.25, 0.3) is 0 Å². The molecule has 0 aliphatic heterocycles. The van der Waals surface area contributed by atoms with E-state index in [2.05, 4.69) is 0 Å². The summed E-state index contributed by atoms with van der Waals surface area (Å²) in [5.41, 5.74) is 2.90. The maximum atomic E-state index is 12.0. The fourth-order valence-electron chi connectivity index (χ4n) is 1.58. The van der Waals surface area contributed by atoms with Gasteiger partial charge in [-0.25, -0.2) is 0 Å². The number of rotatable bonds is 5. The average Bonchev–Trinajstić information content (AvgIpc) is 2.39.